The van der Waals surface area contributed by atoms with Gasteiger partial charge in [-0.15, -0.1) is 0 Å². The second-order valence-electron chi connectivity index (χ2n) is 5.49. The fourth-order valence-corrected chi connectivity index (χ4v) is 4.03. The van der Waals surface area contributed by atoms with Gasteiger partial charge in [0, 0.05) is 18.1 Å². The van der Waals surface area contributed by atoms with Crippen molar-refractivity contribution in [3.8, 4) is 0 Å². The summed E-state index contributed by atoms with van der Waals surface area (Å²) in [6, 6.07) is 13.3. The normalized spacial score (nSPS) is 11.0. The van der Waals surface area contributed by atoms with Gasteiger partial charge < -0.3 is 14.6 Å². The molecule has 0 fully saturated rings. The number of methoxy groups -OCH3 is 1. The van der Waals surface area contributed by atoms with Gasteiger partial charge in [-0.25, -0.2) is 4.98 Å². The lowest BCUT2D eigenvalue weighted by Gasteiger charge is -2.09. The van der Waals surface area contributed by atoms with E-state index in [4.69, 9.17) is 16.3 Å². The van der Waals surface area contributed by atoms with E-state index < -0.39 is 0 Å². The first kappa shape index (κ1) is 19.2. The summed E-state index contributed by atoms with van der Waals surface area (Å²) in [4.78, 5) is 16.9. The molecule has 1 amide bonds. The molecule has 1 aromatic heterocycles. The number of anilines is 1. The van der Waals surface area contributed by atoms with Crippen LogP contribution in [-0.4, -0.2) is 34.9 Å². The largest absolute Gasteiger partial charge is 0.383 e. The molecule has 1 heterocycles. The summed E-state index contributed by atoms with van der Waals surface area (Å²) in [5, 5.41) is 4.11. The Balaban J connectivity index is 1.71. The number of benzene rings is 2. The van der Waals surface area contributed by atoms with Crippen molar-refractivity contribution in [2.75, 3.05) is 24.8 Å². The number of carbonyl (C=O) groups excluding carboxylic acids is 1. The molecule has 0 aliphatic heterocycles. The summed E-state index contributed by atoms with van der Waals surface area (Å²) >= 11 is 10.9. The Bertz CT molecular complexity index is 932. The maximum absolute atomic E-state index is 12.3. The Kier molecular flexibility index (Phi) is 6.58. The highest BCUT2D eigenvalue weighted by Crippen LogP contribution is 2.27. The number of thioether (sulfide) groups is 1. The molecule has 0 spiro atoms. The second-order valence-corrected chi connectivity index (χ2v) is 7.75. The van der Waals surface area contributed by atoms with Crippen LogP contribution in [0.15, 0.2) is 52.1 Å². The van der Waals surface area contributed by atoms with Crippen molar-refractivity contribution in [2.24, 2.45) is 0 Å². The Morgan fingerprint density at radius 1 is 1.35 bits per heavy atom. The van der Waals surface area contributed by atoms with Crippen LogP contribution in [0.5, 0.6) is 0 Å². The number of ether oxygens (including phenoxy) is 1. The molecule has 1 N–H and O–H groups in total. The first-order valence-corrected chi connectivity index (χ1v) is 10.1. The molecule has 3 aromatic rings. The fraction of sp³-hybridized carbons (Fsp3) is 0.222. The van der Waals surface area contributed by atoms with Gasteiger partial charge in [-0.3, -0.25) is 4.79 Å². The number of imidazole rings is 1. The van der Waals surface area contributed by atoms with Crippen molar-refractivity contribution >= 4 is 61.9 Å². The summed E-state index contributed by atoms with van der Waals surface area (Å²) < 4.78 is 8.13. The van der Waals surface area contributed by atoms with Gasteiger partial charge in [-0.1, -0.05) is 51.4 Å². The molecule has 0 aliphatic rings. The van der Waals surface area contributed by atoms with Crippen LogP contribution in [0.4, 0.5) is 5.69 Å². The number of hydrogen-bond acceptors (Lipinski definition) is 4. The monoisotopic (exact) mass is 453 g/mol. The van der Waals surface area contributed by atoms with Crippen LogP contribution in [0.3, 0.4) is 0 Å². The second kappa shape index (κ2) is 8.90. The lowest BCUT2D eigenvalue weighted by atomic mass is 10.3. The number of halogens is 2. The van der Waals surface area contributed by atoms with Gasteiger partial charge in [-0.05, 0) is 30.3 Å². The lowest BCUT2D eigenvalue weighted by molar-refractivity contribution is -0.113. The van der Waals surface area contributed by atoms with Crippen LogP contribution in [0.1, 0.15) is 0 Å². The van der Waals surface area contributed by atoms with Gasteiger partial charge in [-0.2, -0.15) is 0 Å². The highest BCUT2D eigenvalue weighted by molar-refractivity contribution is 9.10. The van der Waals surface area contributed by atoms with Crippen molar-refractivity contribution in [1.82, 2.24) is 9.55 Å². The highest BCUT2D eigenvalue weighted by atomic mass is 79.9. The van der Waals surface area contributed by atoms with Crippen LogP contribution in [0.2, 0.25) is 5.02 Å². The molecular weight excluding hydrogens is 438 g/mol. The highest BCUT2D eigenvalue weighted by Gasteiger charge is 2.13. The van der Waals surface area contributed by atoms with E-state index in [2.05, 4.69) is 30.8 Å². The van der Waals surface area contributed by atoms with E-state index in [9.17, 15) is 4.79 Å². The van der Waals surface area contributed by atoms with Crippen LogP contribution in [0, 0.1) is 0 Å². The smallest absolute Gasteiger partial charge is 0.234 e. The molecule has 0 atom stereocenters. The predicted octanol–water partition coefficient (Wildman–Crippen LogP) is 4.83. The standard InChI is InChI=1S/C18H17BrClN3O2S/c1-25-9-8-23-16-5-3-2-4-15(16)22-18(23)26-11-17(24)21-14-7-6-12(19)10-13(14)20/h2-7,10H,8-9,11H2,1H3,(H,21,24). The summed E-state index contributed by atoms with van der Waals surface area (Å²) in [5.74, 6) is 0.104. The fourth-order valence-electron chi connectivity index (χ4n) is 2.47. The van der Waals surface area contributed by atoms with Crippen LogP contribution in [-0.2, 0) is 16.1 Å². The maximum atomic E-state index is 12.3. The minimum atomic E-state index is -0.135. The van der Waals surface area contributed by atoms with E-state index in [-0.39, 0.29) is 11.7 Å². The number of nitrogens with zero attached hydrogens (tertiary/aromatic N) is 2. The van der Waals surface area contributed by atoms with Gasteiger partial charge in [0.2, 0.25) is 5.91 Å². The third kappa shape index (κ3) is 4.59. The van der Waals surface area contributed by atoms with Crippen molar-refractivity contribution in [3.05, 3.63) is 52.0 Å². The van der Waals surface area contributed by atoms with Crippen molar-refractivity contribution < 1.29 is 9.53 Å². The minimum absolute atomic E-state index is 0.135. The molecule has 0 saturated carbocycles. The zero-order valence-corrected chi connectivity index (χ0v) is 17.2. The van der Waals surface area contributed by atoms with Crippen LogP contribution in [0.25, 0.3) is 11.0 Å². The first-order chi connectivity index (χ1) is 12.6. The van der Waals surface area contributed by atoms with E-state index >= 15 is 0 Å². The summed E-state index contributed by atoms with van der Waals surface area (Å²) in [6.45, 7) is 1.26. The number of rotatable bonds is 7. The molecule has 5 nitrogen and oxygen atoms in total. The Morgan fingerprint density at radius 2 is 2.15 bits per heavy atom. The predicted molar refractivity (Wildman–Crippen MR) is 110 cm³/mol. The van der Waals surface area contributed by atoms with Crippen LogP contribution >= 0.6 is 39.3 Å². The molecule has 26 heavy (non-hydrogen) atoms. The van der Waals surface area contributed by atoms with Gasteiger partial charge in [0.25, 0.3) is 0 Å². The van der Waals surface area contributed by atoms with Gasteiger partial charge in [0.15, 0.2) is 5.16 Å². The van der Waals surface area contributed by atoms with E-state index in [1.165, 1.54) is 11.8 Å². The zero-order chi connectivity index (χ0) is 18.5. The van der Waals surface area contributed by atoms with Crippen LogP contribution < -0.4 is 5.32 Å². The number of fused-ring (bicyclic) bond motifs is 1. The number of amides is 1. The molecule has 3 rings (SSSR count). The zero-order valence-electron chi connectivity index (χ0n) is 14.0. The Hall–Kier alpha value is -1.54. The molecule has 136 valence electrons. The third-order valence-corrected chi connectivity index (χ3v) is 5.46. The van der Waals surface area contributed by atoms with Crippen molar-refractivity contribution in [2.45, 2.75) is 11.7 Å². The summed E-state index contributed by atoms with van der Waals surface area (Å²) in [7, 11) is 1.67. The number of carbonyl (C=O) groups is 1. The lowest BCUT2D eigenvalue weighted by Crippen LogP contribution is -2.15. The van der Waals surface area contributed by atoms with Gasteiger partial charge in [0.1, 0.15) is 0 Å². The number of hydrogen-bond donors (Lipinski definition) is 1. The van der Waals surface area contributed by atoms with E-state index in [0.717, 1.165) is 20.7 Å². The molecule has 0 aliphatic carbocycles. The van der Waals surface area contributed by atoms with Gasteiger partial charge in [0.05, 0.1) is 34.1 Å². The summed E-state index contributed by atoms with van der Waals surface area (Å²) in [6.07, 6.45) is 0. The topological polar surface area (TPSA) is 56.1 Å². The first-order valence-electron chi connectivity index (χ1n) is 7.90. The van der Waals surface area contributed by atoms with E-state index in [1.807, 2.05) is 30.3 Å². The average molecular weight is 455 g/mol. The van der Waals surface area contributed by atoms with Crippen molar-refractivity contribution in [1.29, 1.82) is 0 Å². The molecule has 0 unspecified atom stereocenters. The SMILES string of the molecule is COCCn1c(SCC(=O)Nc2ccc(Br)cc2Cl)nc2ccccc21. The van der Waals surface area contributed by atoms with Gasteiger partial charge >= 0.3 is 0 Å². The quantitative estimate of drug-likeness (QED) is 0.520. The third-order valence-electron chi connectivity index (χ3n) is 3.68. The van der Waals surface area contributed by atoms with Crippen molar-refractivity contribution in [3.63, 3.8) is 0 Å². The Labute approximate surface area is 169 Å². The molecule has 0 radical (unpaired) electrons. The molecule has 2 aromatic carbocycles. The number of aromatic nitrogens is 2. The summed E-state index contributed by atoms with van der Waals surface area (Å²) in [5.41, 5.74) is 2.53. The minimum Gasteiger partial charge on any atom is -0.383 e. The van der Waals surface area contributed by atoms with E-state index in [0.29, 0.717) is 23.9 Å². The maximum Gasteiger partial charge on any atom is 0.234 e. The molecule has 8 heteroatoms. The Morgan fingerprint density at radius 3 is 2.92 bits per heavy atom. The van der Waals surface area contributed by atoms with E-state index in [1.54, 1.807) is 19.2 Å². The molecule has 0 saturated heterocycles. The molecule has 0 bridgehead atoms. The number of nitrogens with one attached hydrogen (secondary N) is 1. The average Bonchev–Trinajstić information content (AvgIpc) is 2.98. The number of para-hydroxylation sites is 2. The molecular formula is C18H17BrClN3O2S.